The van der Waals surface area contributed by atoms with Crippen LogP contribution in [0.4, 0.5) is 0 Å². The van der Waals surface area contributed by atoms with Crippen molar-refractivity contribution in [2.24, 2.45) is 0 Å². The second-order valence-electron chi connectivity index (χ2n) is 7.64. The molecule has 0 bridgehead atoms. The summed E-state index contributed by atoms with van der Waals surface area (Å²) >= 11 is 12.4. The normalized spacial score (nSPS) is 14.7. The molecule has 3 heterocycles. The van der Waals surface area contributed by atoms with E-state index in [0.29, 0.717) is 32.3 Å². The standard InChI is InChI=1S/C25H12Cl2O6/c26-11-5-7-17-14(9-11)19(20-22(28)15-10-12(27)6-8-18(15)33-24(20)29)21-23(31-17)13-3-1-2-4-16(13)32-25(21)30/h1-10,19,28H/t19-/m1/s1. The Morgan fingerprint density at radius 2 is 1.42 bits per heavy atom. The van der Waals surface area contributed by atoms with Crippen LogP contribution in [0.5, 0.6) is 17.2 Å². The molecule has 0 aliphatic carbocycles. The zero-order valence-electron chi connectivity index (χ0n) is 16.6. The molecule has 0 fully saturated rings. The zero-order chi connectivity index (χ0) is 22.9. The average Bonchev–Trinajstić information content (AvgIpc) is 2.79. The van der Waals surface area contributed by atoms with Crippen LogP contribution in [0, 0.1) is 0 Å². The van der Waals surface area contributed by atoms with Crippen molar-refractivity contribution in [2.75, 3.05) is 0 Å². The number of halogens is 2. The van der Waals surface area contributed by atoms with Crippen LogP contribution in [0.25, 0.3) is 21.9 Å². The van der Waals surface area contributed by atoms with Crippen LogP contribution in [0.1, 0.15) is 22.6 Å². The summed E-state index contributed by atoms with van der Waals surface area (Å²) in [7, 11) is 0. The monoisotopic (exact) mass is 478 g/mol. The molecule has 1 aliphatic rings. The Hall–Kier alpha value is -3.74. The summed E-state index contributed by atoms with van der Waals surface area (Å²) in [6.07, 6.45) is 0. The fourth-order valence-corrected chi connectivity index (χ4v) is 4.68. The summed E-state index contributed by atoms with van der Waals surface area (Å²) < 4.78 is 17.1. The minimum atomic E-state index is -1.05. The van der Waals surface area contributed by atoms with Gasteiger partial charge in [-0.15, -0.1) is 0 Å². The van der Waals surface area contributed by atoms with E-state index in [4.69, 9.17) is 36.8 Å². The quantitative estimate of drug-likeness (QED) is 0.283. The third-order valence-corrected chi connectivity index (χ3v) is 6.22. The lowest BCUT2D eigenvalue weighted by atomic mass is 9.82. The molecule has 0 unspecified atom stereocenters. The third kappa shape index (κ3) is 2.95. The number of fused-ring (bicyclic) bond motifs is 5. The number of hydrogen-bond donors (Lipinski definition) is 1. The largest absolute Gasteiger partial charge is 0.507 e. The fourth-order valence-electron chi connectivity index (χ4n) is 4.33. The molecule has 0 spiro atoms. The molecule has 162 valence electrons. The summed E-state index contributed by atoms with van der Waals surface area (Å²) in [5.74, 6) is -0.771. The smallest absolute Gasteiger partial charge is 0.344 e. The van der Waals surface area contributed by atoms with E-state index in [9.17, 15) is 14.7 Å². The highest BCUT2D eigenvalue weighted by Crippen LogP contribution is 2.50. The third-order valence-electron chi connectivity index (χ3n) is 5.75. The molecule has 0 amide bonds. The lowest BCUT2D eigenvalue weighted by Crippen LogP contribution is -2.24. The highest BCUT2D eigenvalue weighted by Gasteiger charge is 2.38. The maximum Gasteiger partial charge on any atom is 0.344 e. The predicted octanol–water partition coefficient (Wildman–Crippen LogP) is 6.20. The van der Waals surface area contributed by atoms with Gasteiger partial charge in [0.1, 0.15) is 28.4 Å². The summed E-state index contributed by atoms with van der Waals surface area (Å²) in [6.45, 7) is 0. The van der Waals surface area contributed by atoms with Gasteiger partial charge in [0.05, 0.1) is 27.8 Å². The van der Waals surface area contributed by atoms with Crippen LogP contribution in [0.3, 0.4) is 0 Å². The Morgan fingerprint density at radius 1 is 0.758 bits per heavy atom. The molecule has 1 N–H and O–H groups in total. The molecule has 1 atom stereocenters. The highest BCUT2D eigenvalue weighted by atomic mass is 35.5. The van der Waals surface area contributed by atoms with E-state index in [2.05, 4.69) is 0 Å². The Labute approximate surface area is 195 Å². The van der Waals surface area contributed by atoms with Crippen molar-refractivity contribution in [2.45, 2.75) is 5.92 Å². The second kappa shape index (κ2) is 7.13. The average molecular weight is 479 g/mol. The van der Waals surface area contributed by atoms with Crippen molar-refractivity contribution in [1.82, 2.24) is 0 Å². The van der Waals surface area contributed by atoms with E-state index in [1.165, 1.54) is 12.1 Å². The first-order valence-electron chi connectivity index (χ1n) is 9.90. The van der Waals surface area contributed by atoms with Crippen LogP contribution in [-0.2, 0) is 0 Å². The van der Waals surface area contributed by atoms with Crippen LogP contribution in [0.15, 0.2) is 79.1 Å². The summed E-state index contributed by atoms with van der Waals surface area (Å²) in [4.78, 5) is 26.3. The van der Waals surface area contributed by atoms with Gasteiger partial charge in [-0.3, -0.25) is 0 Å². The molecule has 1 aliphatic heterocycles. The highest BCUT2D eigenvalue weighted by molar-refractivity contribution is 6.31. The van der Waals surface area contributed by atoms with E-state index in [0.717, 1.165) is 0 Å². The number of aromatic hydroxyl groups is 1. The van der Waals surface area contributed by atoms with Crippen LogP contribution in [0.2, 0.25) is 10.0 Å². The Bertz CT molecular complexity index is 1730. The molecule has 2 aromatic heterocycles. The molecule has 0 saturated carbocycles. The lowest BCUT2D eigenvalue weighted by molar-refractivity contribution is 0.425. The van der Waals surface area contributed by atoms with Gasteiger partial charge >= 0.3 is 11.3 Å². The van der Waals surface area contributed by atoms with Crippen LogP contribution >= 0.6 is 23.2 Å². The molecule has 6 rings (SSSR count). The van der Waals surface area contributed by atoms with Crippen molar-refractivity contribution >= 4 is 45.1 Å². The minimum absolute atomic E-state index is 0.0624. The summed E-state index contributed by atoms with van der Waals surface area (Å²) in [5.41, 5.74) is -0.675. The first-order valence-corrected chi connectivity index (χ1v) is 10.7. The van der Waals surface area contributed by atoms with E-state index >= 15 is 0 Å². The van der Waals surface area contributed by atoms with Gasteiger partial charge in [-0.05, 0) is 48.5 Å². The molecular weight excluding hydrogens is 467 g/mol. The Kier molecular flexibility index (Phi) is 4.30. The zero-order valence-corrected chi connectivity index (χ0v) is 18.1. The van der Waals surface area contributed by atoms with Crippen molar-refractivity contribution in [1.29, 1.82) is 0 Å². The molecular formula is C25H12Cl2O6. The van der Waals surface area contributed by atoms with E-state index < -0.39 is 17.2 Å². The van der Waals surface area contributed by atoms with Crippen molar-refractivity contribution in [3.63, 3.8) is 0 Å². The van der Waals surface area contributed by atoms with E-state index in [-0.39, 0.29) is 33.6 Å². The first-order chi connectivity index (χ1) is 15.9. The minimum Gasteiger partial charge on any atom is -0.507 e. The molecule has 5 aromatic rings. The summed E-state index contributed by atoms with van der Waals surface area (Å²) in [5, 5.41) is 12.7. The van der Waals surface area contributed by atoms with Crippen LogP contribution in [-0.4, -0.2) is 5.11 Å². The van der Waals surface area contributed by atoms with E-state index in [1.54, 1.807) is 48.5 Å². The van der Waals surface area contributed by atoms with Crippen LogP contribution < -0.4 is 16.0 Å². The molecule has 3 aromatic carbocycles. The van der Waals surface area contributed by atoms with Gasteiger partial charge in [-0.2, -0.15) is 0 Å². The number of rotatable bonds is 1. The number of para-hydroxylation sites is 1. The van der Waals surface area contributed by atoms with Gasteiger partial charge < -0.3 is 18.7 Å². The molecule has 6 nitrogen and oxygen atoms in total. The Morgan fingerprint density at radius 3 is 2.24 bits per heavy atom. The topological polar surface area (TPSA) is 89.9 Å². The maximum absolute atomic E-state index is 13.2. The Balaban J connectivity index is 1.77. The predicted molar refractivity (Wildman–Crippen MR) is 124 cm³/mol. The summed E-state index contributed by atoms with van der Waals surface area (Å²) in [6, 6.07) is 16.3. The number of hydrogen-bond acceptors (Lipinski definition) is 6. The second-order valence-corrected chi connectivity index (χ2v) is 8.51. The van der Waals surface area contributed by atoms with E-state index in [1.807, 2.05) is 0 Å². The maximum atomic E-state index is 13.2. The van der Waals surface area contributed by atoms with Gasteiger partial charge in [-0.25, -0.2) is 9.59 Å². The lowest BCUT2D eigenvalue weighted by Gasteiger charge is -2.28. The molecule has 0 radical (unpaired) electrons. The van der Waals surface area contributed by atoms with Crippen molar-refractivity contribution in [3.05, 3.63) is 108 Å². The number of benzene rings is 3. The molecule has 33 heavy (non-hydrogen) atoms. The van der Waals surface area contributed by atoms with Gasteiger partial charge in [0.2, 0.25) is 0 Å². The van der Waals surface area contributed by atoms with Crippen molar-refractivity contribution < 1.29 is 18.7 Å². The number of ether oxygens (including phenoxy) is 1. The van der Waals surface area contributed by atoms with Gasteiger partial charge in [-0.1, -0.05) is 35.3 Å². The van der Waals surface area contributed by atoms with Gasteiger partial charge in [0, 0.05) is 15.6 Å². The van der Waals surface area contributed by atoms with Crippen molar-refractivity contribution in [3.8, 4) is 17.2 Å². The first kappa shape index (κ1) is 19.9. The van der Waals surface area contributed by atoms with Gasteiger partial charge in [0.15, 0.2) is 0 Å². The van der Waals surface area contributed by atoms with Gasteiger partial charge in [0.25, 0.3) is 0 Å². The fraction of sp³-hybridized carbons (Fsp3) is 0.0400. The molecule has 8 heteroatoms. The molecule has 0 saturated heterocycles. The SMILES string of the molecule is O=c1oc2ccc(Cl)cc2c(O)c1[C@H]1c2cc(Cl)ccc2Oc2c1c(=O)oc1ccccc21.